The molecule has 0 aliphatic carbocycles. The van der Waals surface area contributed by atoms with Crippen LogP contribution in [-0.2, 0) is 0 Å². The molecule has 0 N–H and O–H groups in total. The van der Waals surface area contributed by atoms with Crippen molar-refractivity contribution in [2.75, 3.05) is 0 Å². The van der Waals surface area contributed by atoms with E-state index in [1.54, 1.807) is 0 Å². The zero-order valence-electron chi connectivity index (χ0n) is 13.3. The van der Waals surface area contributed by atoms with Crippen LogP contribution in [0, 0.1) is 6.92 Å². The number of hydrogen-bond acceptors (Lipinski definition) is 2. The van der Waals surface area contributed by atoms with E-state index < -0.39 is 0 Å². The minimum absolute atomic E-state index is 0.307. The molecule has 0 spiro atoms. The van der Waals surface area contributed by atoms with Gasteiger partial charge in [-0.05, 0) is 41.8 Å². The first-order valence-electron chi connectivity index (χ1n) is 7.91. The van der Waals surface area contributed by atoms with Gasteiger partial charge in [-0.15, -0.1) is 0 Å². The lowest BCUT2D eigenvalue weighted by Gasteiger charge is -2.06. The van der Waals surface area contributed by atoms with Gasteiger partial charge in [0.05, 0.1) is 5.56 Å². The molecule has 0 saturated carbocycles. The Hall–Kier alpha value is -3.13. The van der Waals surface area contributed by atoms with Crippen LogP contribution >= 0.6 is 0 Å². The van der Waals surface area contributed by atoms with Crippen molar-refractivity contribution in [2.45, 2.75) is 6.92 Å². The van der Waals surface area contributed by atoms with Gasteiger partial charge in [0.25, 0.3) is 0 Å². The fourth-order valence-corrected chi connectivity index (χ4v) is 2.87. The zero-order valence-corrected chi connectivity index (χ0v) is 13.3. The summed E-state index contributed by atoms with van der Waals surface area (Å²) in [5.41, 5.74) is 5.17. The molecule has 4 rings (SSSR count). The Morgan fingerprint density at radius 1 is 0.708 bits per heavy atom. The van der Waals surface area contributed by atoms with E-state index >= 15 is 0 Å². The third-order valence-corrected chi connectivity index (χ3v) is 4.20. The largest absolute Gasteiger partial charge is 0.422 e. The number of aryl methyl sites for hydroxylation is 1. The van der Waals surface area contributed by atoms with Gasteiger partial charge >= 0.3 is 5.63 Å². The molecule has 0 fully saturated rings. The van der Waals surface area contributed by atoms with Crippen LogP contribution in [0.2, 0.25) is 0 Å². The summed E-state index contributed by atoms with van der Waals surface area (Å²) in [5, 5.41) is 0.923. The normalized spacial score (nSPS) is 10.9. The van der Waals surface area contributed by atoms with E-state index in [1.165, 1.54) is 0 Å². The Bertz CT molecular complexity index is 1060. The second-order valence-corrected chi connectivity index (χ2v) is 5.93. The lowest BCUT2D eigenvalue weighted by Crippen LogP contribution is -2.02. The van der Waals surface area contributed by atoms with Crippen molar-refractivity contribution in [2.24, 2.45) is 0 Å². The summed E-state index contributed by atoms with van der Waals surface area (Å²) in [6.45, 7) is 2.03. The van der Waals surface area contributed by atoms with E-state index in [1.807, 2.05) is 67.6 Å². The third kappa shape index (κ3) is 2.63. The molecule has 0 saturated heterocycles. The maximum atomic E-state index is 12.3. The summed E-state index contributed by atoms with van der Waals surface area (Å²) < 4.78 is 5.51. The second-order valence-electron chi connectivity index (χ2n) is 5.93. The highest BCUT2D eigenvalue weighted by molar-refractivity contribution is 5.86. The highest BCUT2D eigenvalue weighted by Crippen LogP contribution is 2.26. The summed E-state index contributed by atoms with van der Waals surface area (Å²) in [4.78, 5) is 12.3. The smallest absolute Gasteiger partial charge is 0.344 e. The van der Waals surface area contributed by atoms with E-state index in [0.717, 1.165) is 27.6 Å². The van der Waals surface area contributed by atoms with E-state index in [0.29, 0.717) is 11.1 Å². The molecule has 0 aliphatic rings. The molecule has 0 atom stereocenters. The Kier molecular flexibility index (Phi) is 3.51. The Balaban J connectivity index is 1.89. The summed E-state index contributed by atoms with van der Waals surface area (Å²) in [7, 11) is 0. The maximum Gasteiger partial charge on any atom is 0.344 e. The van der Waals surface area contributed by atoms with Crippen molar-refractivity contribution in [1.29, 1.82) is 0 Å². The van der Waals surface area contributed by atoms with Crippen LogP contribution < -0.4 is 5.63 Å². The SMILES string of the molecule is Cc1ccc(-c2cc3cc(-c4ccccc4)ccc3oc2=O)cc1. The van der Waals surface area contributed by atoms with Gasteiger partial charge in [0.1, 0.15) is 5.58 Å². The van der Waals surface area contributed by atoms with E-state index in [4.69, 9.17) is 4.42 Å². The van der Waals surface area contributed by atoms with Gasteiger partial charge in [-0.1, -0.05) is 66.2 Å². The molecule has 0 unspecified atom stereocenters. The van der Waals surface area contributed by atoms with Gasteiger partial charge in [0, 0.05) is 5.39 Å². The lowest BCUT2D eigenvalue weighted by atomic mass is 10.0. The first kappa shape index (κ1) is 14.5. The van der Waals surface area contributed by atoms with Crippen LogP contribution in [0.5, 0.6) is 0 Å². The maximum absolute atomic E-state index is 12.3. The van der Waals surface area contributed by atoms with E-state index in [-0.39, 0.29) is 5.63 Å². The van der Waals surface area contributed by atoms with Gasteiger partial charge in [-0.2, -0.15) is 0 Å². The molecule has 4 aromatic rings. The van der Waals surface area contributed by atoms with Crippen molar-refractivity contribution >= 4 is 11.0 Å². The Morgan fingerprint density at radius 3 is 2.17 bits per heavy atom. The summed E-state index contributed by atoms with van der Waals surface area (Å²) >= 11 is 0. The molecule has 0 aliphatic heterocycles. The van der Waals surface area contributed by atoms with Crippen LogP contribution in [0.4, 0.5) is 0 Å². The fraction of sp³-hybridized carbons (Fsp3) is 0.0455. The quantitative estimate of drug-likeness (QED) is 0.462. The zero-order chi connectivity index (χ0) is 16.5. The van der Waals surface area contributed by atoms with Crippen molar-refractivity contribution in [3.8, 4) is 22.3 Å². The lowest BCUT2D eigenvalue weighted by molar-refractivity contribution is 0.563. The molecule has 116 valence electrons. The highest BCUT2D eigenvalue weighted by Gasteiger charge is 2.09. The Labute approximate surface area is 140 Å². The highest BCUT2D eigenvalue weighted by atomic mass is 16.4. The predicted octanol–water partition coefficient (Wildman–Crippen LogP) is 5.44. The van der Waals surface area contributed by atoms with Crippen LogP contribution in [0.15, 0.2) is 88.1 Å². The van der Waals surface area contributed by atoms with Gasteiger partial charge in [0.2, 0.25) is 0 Å². The molecule has 1 heterocycles. The van der Waals surface area contributed by atoms with Gasteiger partial charge in [-0.3, -0.25) is 0 Å². The fourth-order valence-electron chi connectivity index (χ4n) is 2.87. The summed E-state index contributed by atoms with van der Waals surface area (Å²) in [6.07, 6.45) is 0. The second kappa shape index (κ2) is 5.82. The van der Waals surface area contributed by atoms with Gasteiger partial charge in [-0.25, -0.2) is 4.79 Å². The molecular formula is C22H16O2. The molecule has 0 amide bonds. The number of benzene rings is 3. The predicted molar refractivity (Wildman–Crippen MR) is 98.1 cm³/mol. The van der Waals surface area contributed by atoms with Crippen LogP contribution in [-0.4, -0.2) is 0 Å². The minimum atomic E-state index is -0.307. The molecule has 0 radical (unpaired) electrons. The monoisotopic (exact) mass is 312 g/mol. The molecule has 2 heteroatoms. The average Bonchev–Trinajstić information content (AvgIpc) is 2.62. The Morgan fingerprint density at radius 2 is 1.42 bits per heavy atom. The van der Waals surface area contributed by atoms with Crippen LogP contribution in [0.1, 0.15) is 5.56 Å². The first-order valence-corrected chi connectivity index (χ1v) is 7.91. The van der Waals surface area contributed by atoms with Crippen LogP contribution in [0.25, 0.3) is 33.2 Å². The van der Waals surface area contributed by atoms with Crippen molar-refractivity contribution < 1.29 is 4.42 Å². The minimum Gasteiger partial charge on any atom is -0.422 e. The number of rotatable bonds is 2. The molecule has 0 bridgehead atoms. The molecule has 2 nitrogen and oxygen atoms in total. The number of fused-ring (bicyclic) bond motifs is 1. The van der Waals surface area contributed by atoms with E-state index in [2.05, 4.69) is 18.2 Å². The molecular weight excluding hydrogens is 296 g/mol. The molecule has 3 aromatic carbocycles. The van der Waals surface area contributed by atoms with Crippen molar-refractivity contribution in [1.82, 2.24) is 0 Å². The standard InChI is InChI=1S/C22H16O2/c1-15-7-9-17(10-8-15)20-14-19-13-18(16-5-3-2-4-6-16)11-12-21(19)24-22(20)23/h2-14H,1H3. The number of hydrogen-bond donors (Lipinski definition) is 0. The van der Waals surface area contributed by atoms with Crippen molar-refractivity contribution in [3.05, 3.63) is 94.8 Å². The topological polar surface area (TPSA) is 30.2 Å². The average molecular weight is 312 g/mol. The van der Waals surface area contributed by atoms with Gasteiger partial charge in [0.15, 0.2) is 0 Å². The van der Waals surface area contributed by atoms with Crippen molar-refractivity contribution in [3.63, 3.8) is 0 Å². The van der Waals surface area contributed by atoms with Gasteiger partial charge < -0.3 is 4.42 Å². The molecule has 1 aromatic heterocycles. The van der Waals surface area contributed by atoms with Crippen LogP contribution in [0.3, 0.4) is 0 Å². The van der Waals surface area contributed by atoms with E-state index in [9.17, 15) is 4.79 Å². The summed E-state index contributed by atoms with van der Waals surface area (Å²) in [5.74, 6) is 0. The molecule has 24 heavy (non-hydrogen) atoms. The summed E-state index contributed by atoms with van der Waals surface area (Å²) in [6, 6.07) is 25.9. The first-order chi connectivity index (χ1) is 11.7. The third-order valence-electron chi connectivity index (χ3n) is 4.20.